The number of nitrogens with one attached hydrogen (secondary N) is 1. The highest BCUT2D eigenvalue weighted by molar-refractivity contribution is 5.69. The fraction of sp³-hybridized carbons (Fsp3) is 0.577. The van der Waals surface area contributed by atoms with Crippen LogP contribution in [0.3, 0.4) is 0 Å². The van der Waals surface area contributed by atoms with Crippen molar-refractivity contribution in [1.82, 2.24) is 20.2 Å². The van der Waals surface area contributed by atoms with Crippen LogP contribution in [0.4, 0.5) is 4.79 Å². The number of alkyl carbamates (subject to hydrolysis) is 1. The van der Waals surface area contributed by atoms with E-state index in [-0.39, 0.29) is 12.2 Å². The molecular weight excluding hydrogens is 432 g/mol. The van der Waals surface area contributed by atoms with Crippen LogP contribution >= 0.6 is 0 Å². The molecule has 1 N–H and O–H groups in total. The van der Waals surface area contributed by atoms with E-state index < -0.39 is 5.54 Å². The predicted octanol–water partition coefficient (Wildman–Crippen LogP) is 4.00. The number of fused-ring (bicyclic) bond motifs is 4. The van der Waals surface area contributed by atoms with E-state index in [1.807, 2.05) is 38.1 Å². The molecule has 34 heavy (non-hydrogen) atoms. The highest BCUT2D eigenvalue weighted by Crippen LogP contribution is 2.30. The molecule has 2 aromatic rings. The van der Waals surface area contributed by atoms with Crippen LogP contribution in [0.25, 0.3) is 11.3 Å². The van der Waals surface area contributed by atoms with Crippen molar-refractivity contribution in [2.24, 2.45) is 5.92 Å². The van der Waals surface area contributed by atoms with Crippen LogP contribution in [-0.2, 0) is 15.0 Å². The lowest BCUT2D eigenvalue weighted by molar-refractivity contribution is 0.0514. The second kappa shape index (κ2) is 11.1. The molecule has 3 saturated heterocycles. The molecule has 2 bridgehead atoms. The first-order valence-electron chi connectivity index (χ1n) is 12.2. The lowest BCUT2D eigenvalue weighted by Gasteiger charge is -2.31. The van der Waals surface area contributed by atoms with E-state index in [4.69, 9.17) is 14.2 Å². The number of rotatable bonds is 9. The molecule has 3 fully saturated rings. The summed E-state index contributed by atoms with van der Waals surface area (Å²) in [6.07, 6.45) is 6.97. The van der Waals surface area contributed by atoms with Gasteiger partial charge in [-0.05, 0) is 57.7 Å². The Morgan fingerprint density at radius 3 is 2.47 bits per heavy atom. The minimum Gasteiger partial charge on any atom is -0.476 e. The van der Waals surface area contributed by atoms with Gasteiger partial charge in [0.05, 0.1) is 30.2 Å². The van der Waals surface area contributed by atoms with Gasteiger partial charge >= 0.3 is 6.09 Å². The van der Waals surface area contributed by atoms with E-state index in [2.05, 4.69) is 20.2 Å². The fourth-order valence-electron chi connectivity index (χ4n) is 4.72. The number of piperidine rings is 1. The molecule has 1 unspecified atom stereocenters. The molecular formula is C26H36N4O4. The van der Waals surface area contributed by atoms with Crippen LogP contribution < -0.4 is 10.1 Å². The lowest BCUT2D eigenvalue weighted by atomic mass is 9.92. The molecule has 5 rings (SSSR count). The molecule has 0 saturated carbocycles. The molecule has 8 heteroatoms. The number of carbonyl (C=O) groups is 1. The fourth-order valence-corrected chi connectivity index (χ4v) is 4.72. The molecule has 184 valence electrons. The van der Waals surface area contributed by atoms with Crippen LogP contribution in [-0.4, -0.2) is 67.0 Å². The van der Waals surface area contributed by atoms with Gasteiger partial charge in [-0.3, -0.25) is 0 Å². The Hall–Kier alpha value is -2.71. The van der Waals surface area contributed by atoms with E-state index in [1.54, 1.807) is 19.5 Å². The Labute approximate surface area is 202 Å². The number of aromatic nitrogens is 2. The predicted molar refractivity (Wildman–Crippen MR) is 130 cm³/mol. The van der Waals surface area contributed by atoms with Crippen LogP contribution in [0.5, 0.6) is 5.88 Å². The normalized spacial score (nSPS) is 22.1. The van der Waals surface area contributed by atoms with Crippen molar-refractivity contribution in [1.29, 1.82) is 0 Å². The topological polar surface area (TPSA) is 85.8 Å². The number of amides is 1. The van der Waals surface area contributed by atoms with Gasteiger partial charge in [-0.1, -0.05) is 24.3 Å². The summed E-state index contributed by atoms with van der Waals surface area (Å²) in [7, 11) is 1.67. The van der Waals surface area contributed by atoms with Crippen molar-refractivity contribution >= 4 is 6.09 Å². The molecule has 4 heterocycles. The minimum atomic E-state index is -0.562. The lowest BCUT2D eigenvalue weighted by Crippen LogP contribution is -2.43. The molecule has 0 aliphatic carbocycles. The Bertz CT molecular complexity index is 925. The minimum absolute atomic E-state index is 0.0104. The van der Waals surface area contributed by atoms with Crippen LogP contribution in [0, 0.1) is 5.92 Å². The maximum absolute atomic E-state index is 12.7. The summed E-state index contributed by atoms with van der Waals surface area (Å²) in [6, 6.07) is 8.00. The molecule has 8 nitrogen and oxygen atoms in total. The van der Waals surface area contributed by atoms with Gasteiger partial charge in [-0.2, -0.15) is 0 Å². The molecule has 3 aliphatic heterocycles. The van der Waals surface area contributed by atoms with E-state index in [1.165, 1.54) is 0 Å². The van der Waals surface area contributed by atoms with Gasteiger partial charge in [-0.15, -0.1) is 0 Å². The van der Waals surface area contributed by atoms with Crippen LogP contribution in [0.15, 0.2) is 36.7 Å². The van der Waals surface area contributed by atoms with Gasteiger partial charge < -0.3 is 24.4 Å². The maximum atomic E-state index is 12.7. The zero-order valence-electron chi connectivity index (χ0n) is 20.5. The molecule has 3 aliphatic rings. The van der Waals surface area contributed by atoms with Gasteiger partial charge in [-0.25, -0.2) is 14.8 Å². The molecule has 1 aromatic heterocycles. The first-order chi connectivity index (χ1) is 16.4. The van der Waals surface area contributed by atoms with Gasteiger partial charge in [0.1, 0.15) is 6.10 Å². The maximum Gasteiger partial charge on any atom is 0.408 e. The summed E-state index contributed by atoms with van der Waals surface area (Å²) < 4.78 is 16.5. The third-order valence-corrected chi connectivity index (χ3v) is 6.83. The van der Waals surface area contributed by atoms with Crippen molar-refractivity contribution in [3.8, 4) is 17.1 Å². The summed E-state index contributed by atoms with van der Waals surface area (Å²) in [6.45, 7) is 8.44. The van der Waals surface area contributed by atoms with Crippen molar-refractivity contribution in [3.63, 3.8) is 0 Å². The van der Waals surface area contributed by atoms with Gasteiger partial charge in [0.15, 0.2) is 0 Å². The molecule has 1 amide bonds. The monoisotopic (exact) mass is 468 g/mol. The largest absolute Gasteiger partial charge is 0.476 e. The van der Waals surface area contributed by atoms with E-state index in [0.717, 1.165) is 62.1 Å². The average molecular weight is 469 g/mol. The Balaban J connectivity index is 1.32. The third-order valence-electron chi connectivity index (χ3n) is 6.83. The van der Waals surface area contributed by atoms with Crippen LogP contribution in [0.2, 0.25) is 0 Å². The zero-order valence-corrected chi connectivity index (χ0v) is 20.5. The molecule has 0 spiro atoms. The average Bonchev–Trinajstić information content (AvgIpc) is 3.15. The van der Waals surface area contributed by atoms with Crippen molar-refractivity contribution in [2.45, 2.75) is 51.2 Å². The SMILES string of the molecule is COCCCOc1cnc(-c2ccc(C(C)(C)NC(=O)OC3CCN4CCC3CC4)cc2)cn1. The van der Waals surface area contributed by atoms with Crippen molar-refractivity contribution < 1.29 is 19.0 Å². The first kappa shape index (κ1) is 24.4. The second-order valence-corrected chi connectivity index (χ2v) is 9.67. The number of methoxy groups -OCH3 is 1. The summed E-state index contributed by atoms with van der Waals surface area (Å²) in [5.74, 6) is 0.981. The molecule has 0 radical (unpaired) electrons. The van der Waals surface area contributed by atoms with Crippen molar-refractivity contribution in [2.75, 3.05) is 40.0 Å². The zero-order chi connectivity index (χ0) is 24.0. The molecule has 1 aromatic carbocycles. The number of ether oxygens (including phenoxy) is 3. The Morgan fingerprint density at radius 2 is 1.79 bits per heavy atom. The smallest absolute Gasteiger partial charge is 0.408 e. The highest BCUT2D eigenvalue weighted by Gasteiger charge is 2.34. The summed E-state index contributed by atoms with van der Waals surface area (Å²) >= 11 is 0. The quantitative estimate of drug-likeness (QED) is 0.557. The Kier molecular flexibility index (Phi) is 8.00. The summed E-state index contributed by atoms with van der Waals surface area (Å²) in [5, 5.41) is 3.07. The number of hydrogen-bond donors (Lipinski definition) is 1. The van der Waals surface area contributed by atoms with E-state index in [9.17, 15) is 4.79 Å². The van der Waals surface area contributed by atoms with E-state index in [0.29, 0.717) is 25.0 Å². The van der Waals surface area contributed by atoms with Crippen LogP contribution in [0.1, 0.15) is 45.1 Å². The third kappa shape index (κ3) is 6.24. The number of hydrogen-bond acceptors (Lipinski definition) is 7. The van der Waals surface area contributed by atoms with Gasteiger partial charge in [0, 0.05) is 32.2 Å². The number of benzene rings is 1. The highest BCUT2D eigenvalue weighted by atomic mass is 16.6. The summed E-state index contributed by atoms with van der Waals surface area (Å²) in [4.78, 5) is 24.0. The first-order valence-corrected chi connectivity index (χ1v) is 12.2. The van der Waals surface area contributed by atoms with Gasteiger partial charge in [0.25, 0.3) is 0 Å². The number of nitrogens with zero attached hydrogens (tertiary/aromatic N) is 3. The van der Waals surface area contributed by atoms with Crippen molar-refractivity contribution in [3.05, 3.63) is 42.2 Å². The summed E-state index contributed by atoms with van der Waals surface area (Å²) in [5.41, 5.74) is 2.14. The van der Waals surface area contributed by atoms with E-state index >= 15 is 0 Å². The van der Waals surface area contributed by atoms with Gasteiger partial charge in [0.2, 0.25) is 5.88 Å². The Morgan fingerprint density at radius 1 is 1.06 bits per heavy atom. The molecule has 1 atom stereocenters. The number of carbonyl (C=O) groups excluding carboxylic acids is 1. The standard InChI is InChI=1S/C26H36N4O4/c1-26(2,29-25(31)34-23-11-14-30-12-9-20(23)10-13-30)21-7-5-19(6-8-21)22-17-28-24(18-27-22)33-16-4-15-32-3/h5-8,17-18,20,23H,4,9-16H2,1-3H3,(H,29,31). The second-order valence-electron chi connectivity index (χ2n) is 9.67.